The van der Waals surface area contributed by atoms with E-state index in [1.165, 1.54) is 8.99 Å². The van der Waals surface area contributed by atoms with Crippen LogP contribution in [0.4, 0.5) is 0 Å². The van der Waals surface area contributed by atoms with Crippen molar-refractivity contribution in [1.29, 1.82) is 0 Å². The molecule has 2 aromatic carbocycles. The van der Waals surface area contributed by atoms with Crippen molar-refractivity contribution in [3.8, 4) is 0 Å². The number of fused-ring (bicyclic) bond motifs is 1. The zero-order valence-electron chi connectivity index (χ0n) is 16.4. The van der Waals surface area contributed by atoms with Crippen LogP contribution in [0, 0.1) is 0 Å². The fourth-order valence-electron chi connectivity index (χ4n) is 3.83. The van der Waals surface area contributed by atoms with Gasteiger partial charge in [-0.3, -0.25) is 4.79 Å². The third-order valence-corrected chi connectivity index (χ3v) is 7.37. The van der Waals surface area contributed by atoms with Crippen LogP contribution in [-0.2, 0) is 16.4 Å². The largest absolute Gasteiger partial charge is 0.277 e. The molecule has 1 aliphatic rings. The van der Waals surface area contributed by atoms with Crippen molar-refractivity contribution in [2.24, 2.45) is 0 Å². The summed E-state index contributed by atoms with van der Waals surface area (Å²) in [5.41, 5.74) is 1.53. The van der Waals surface area contributed by atoms with E-state index in [0.29, 0.717) is 41.7 Å². The topological polar surface area (TPSA) is 85.2 Å². The average molecular weight is 413 g/mol. The highest BCUT2D eigenvalue weighted by Gasteiger charge is 2.31. The van der Waals surface area contributed by atoms with Crippen molar-refractivity contribution in [3.05, 3.63) is 64.4 Å². The van der Waals surface area contributed by atoms with Gasteiger partial charge in [0, 0.05) is 13.1 Å². The van der Waals surface area contributed by atoms with Gasteiger partial charge in [0.05, 0.1) is 16.3 Å². The molecule has 0 bridgehead atoms. The van der Waals surface area contributed by atoms with E-state index < -0.39 is 10.0 Å². The van der Waals surface area contributed by atoms with Crippen LogP contribution in [0.25, 0.3) is 10.9 Å². The van der Waals surface area contributed by atoms with Crippen LogP contribution < -0.4 is 5.56 Å². The Balaban J connectivity index is 1.50. The quantitative estimate of drug-likeness (QED) is 0.643. The predicted octanol–water partition coefficient (Wildman–Crippen LogP) is 2.77. The fraction of sp³-hybridized carbons (Fsp3) is 0.381. The molecule has 0 radical (unpaired) electrons. The first-order valence-corrected chi connectivity index (χ1v) is 11.4. The average Bonchev–Trinajstić information content (AvgIpc) is 2.75. The molecule has 8 heteroatoms. The first-order valence-electron chi connectivity index (χ1n) is 9.94. The lowest BCUT2D eigenvalue weighted by Crippen LogP contribution is -2.41. The number of sulfonamides is 1. The highest BCUT2D eigenvalue weighted by molar-refractivity contribution is 7.89. The number of hydrogen-bond acceptors (Lipinski definition) is 5. The molecule has 0 saturated carbocycles. The second-order valence-corrected chi connectivity index (χ2v) is 9.32. The van der Waals surface area contributed by atoms with Crippen LogP contribution in [0.15, 0.2) is 58.2 Å². The van der Waals surface area contributed by atoms with E-state index >= 15 is 0 Å². The number of aromatic nitrogens is 3. The molecule has 0 atom stereocenters. The van der Waals surface area contributed by atoms with Gasteiger partial charge in [-0.1, -0.05) is 42.8 Å². The molecule has 29 heavy (non-hydrogen) atoms. The molecule has 0 amide bonds. The van der Waals surface area contributed by atoms with E-state index in [-0.39, 0.29) is 11.6 Å². The lowest BCUT2D eigenvalue weighted by molar-refractivity contribution is 0.251. The van der Waals surface area contributed by atoms with E-state index in [1.54, 1.807) is 30.3 Å². The second kappa shape index (κ2) is 8.04. The van der Waals surface area contributed by atoms with Crippen LogP contribution in [-0.4, -0.2) is 40.8 Å². The van der Waals surface area contributed by atoms with Gasteiger partial charge in [-0.2, -0.15) is 4.31 Å². The predicted molar refractivity (Wildman–Crippen MR) is 111 cm³/mol. The maximum atomic E-state index is 13.0. The molecule has 3 aromatic rings. The van der Waals surface area contributed by atoms with Gasteiger partial charge in [0.25, 0.3) is 5.56 Å². The molecule has 1 fully saturated rings. The van der Waals surface area contributed by atoms with Crippen molar-refractivity contribution in [3.63, 3.8) is 0 Å². The summed E-state index contributed by atoms with van der Waals surface area (Å²) in [6.07, 6.45) is 3.02. The van der Waals surface area contributed by atoms with Crippen molar-refractivity contribution in [2.45, 2.75) is 43.5 Å². The number of hydrogen-bond donors (Lipinski definition) is 0. The summed E-state index contributed by atoms with van der Waals surface area (Å²) in [4.78, 5) is 13.1. The monoisotopic (exact) mass is 412 g/mol. The van der Waals surface area contributed by atoms with Gasteiger partial charge in [-0.25, -0.2) is 13.1 Å². The fourth-order valence-corrected chi connectivity index (χ4v) is 5.30. The van der Waals surface area contributed by atoms with Crippen molar-refractivity contribution >= 4 is 20.9 Å². The maximum Gasteiger partial charge on any atom is 0.277 e. The van der Waals surface area contributed by atoms with Gasteiger partial charge < -0.3 is 0 Å². The molecular formula is C21H24N4O3S. The lowest BCUT2D eigenvalue weighted by Gasteiger charge is -2.31. The molecule has 1 aromatic heterocycles. The van der Waals surface area contributed by atoms with Crippen LogP contribution in [0.1, 0.15) is 37.8 Å². The number of benzene rings is 2. The Bertz CT molecular complexity index is 1160. The Morgan fingerprint density at radius 3 is 2.41 bits per heavy atom. The number of aryl methyl sites for hydroxylation is 1. The molecule has 0 aliphatic carbocycles. The summed E-state index contributed by atoms with van der Waals surface area (Å²) in [6.45, 7) is 2.80. The molecule has 2 heterocycles. The van der Waals surface area contributed by atoms with Crippen LogP contribution in [0.3, 0.4) is 0 Å². The van der Waals surface area contributed by atoms with E-state index in [1.807, 2.05) is 18.2 Å². The number of rotatable bonds is 5. The molecule has 0 unspecified atom stereocenters. The Morgan fingerprint density at radius 2 is 1.72 bits per heavy atom. The molecule has 7 nitrogen and oxygen atoms in total. The van der Waals surface area contributed by atoms with E-state index in [0.717, 1.165) is 18.4 Å². The summed E-state index contributed by atoms with van der Waals surface area (Å²) >= 11 is 0. The first kappa shape index (κ1) is 19.7. The molecule has 1 aliphatic heterocycles. The van der Waals surface area contributed by atoms with Gasteiger partial charge in [0.1, 0.15) is 5.52 Å². The minimum Gasteiger partial charge on any atom is -0.267 e. The lowest BCUT2D eigenvalue weighted by atomic mass is 10.1. The molecular weight excluding hydrogens is 388 g/mol. The Morgan fingerprint density at radius 1 is 1.03 bits per heavy atom. The van der Waals surface area contributed by atoms with Crippen LogP contribution in [0.5, 0.6) is 0 Å². The van der Waals surface area contributed by atoms with Crippen LogP contribution in [0.2, 0.25) is 0 Å². The molecule has 0 spiro atoms. The number of piperidine rings is 1. The van der Waals surface area contributed by atoms with E-state index in [2.05, 4.69) is 17.2 Å². The Hall–Kier alpha value is -2.58. The van der Waals surface area contributed by atoms with Gasteiger partial charge in [0.2, 0.25) is 10.0 Å². The third kappa shape index (κ3) is 3.82. The zero-order valence-corrected chi connectivity index (χ0v) is 17.2. The zero-order chi connectivity index (χ0) is 20.4. The van der Waals surface area contributed by atoms with E-state index in [9.17, 15) is 13.2 Å². The number of nitrogens with zero attached hydrogens (tertiary/aromatic N) is 4. The summed E-state index contributed by atoms with van der Waals surface area (Å²) in [7, 11) is -3.53. The molecule has 0 N–H and O–H groups in total. The van der Waals surface area contributed by atoms with Crippen molar-refractivity contribution in [2.75, 3.05) is 13.1 Å². The highest BCUT2D eigenvalue weighted by atomic mass is 32.2. The minimum atomic E-state index is -3.53. The first-order chi connectivity index (χ1) is 14.0. The van der Waals surface area contributed by atoms with Gasteiger partial charge in [0.15, 0.2) is 0 Å². The van der Waals surface area contributed by atoms with Crippen LogP contribution >= 0.6 is 0 Å². The third-order valence-electron chi connectivity index (χ3n) is 5.46. The summed E-state index contributed by atoms with van der Waals surface area (Å²) < 4.78 is 28.8. The van der Waals surface area contributed by atoms with Gasteiger partial charge in [-0.05, 0) is 49.1 Å². The molecule has 1 saturated heterocycles. The normalized spacial score (nSPS) is 16.3. The van der Waals surface area contributed by atoms with Gasteiger partial charge in [-0.15, -0.1) is 5.10 Å². The maximum absolute atomic E-state index is 13.0. The van der Waals surface area contributed by atoms with E-state index in [4.69, 9.17) is 0 Å². The Labute approximate surface area is 170 Å². The van der Waals surface area contributed by atoms with Gasteiger partial charge >= 0.3 is 0 Å². The summed E-state index contributed by atoms with van der Waals surface area (Å²) in [5.74, 6) is 0. The SMILES string of the molecule is CCCc1ccc(S(=O)(=O)N2CCC(n3nnc4ccccc4c3=O)CC2)cc1. The smallest absolute Gasteiger partial charge is 0.267 e. The van der Waals surface area contributed by atoms with Crippen molar-refractivity contribution in [1.82, 2.24) is 19.3 Å². The molecule has 4 rings (SSSR count). The van der Waals surface area contributed by atoms with Crippen molar-refractivity contribution < 1.29 is 8.42 Å². The Kier molecular flexibility index (Phi) is 5.47. The standard InChI is InChI=1S/C21H24N4O3S/c1-2-5-16-8-10-18(11-9-16)29(27,28)24-14-12-17(13-15-24)25-21(26)19-6-3-4-7-20(19)22-23-25/h3-4,6-11,17H,2,5,12-15H2,1H3. The highest BCUT2D eigenvalue weighted by Crippen LogP contribution is 2.26. The minimum absolute atomic E-state index is 0.155. The summed E-state index contributed by atoms with van der Waals surface area (Å²) in [5, 5.41) is 8.76. The summed E-state index contributed by atoms with van der Waals surface area (Å²) in [6, 6.07) is 14.1. The molecule has 152 valence electrons. The second-order valence-electron chi connectivity index (χ2n) is 7.39.